The number of likely N-dealkylation sites (tertiary alicyclic amines) is 1. The third-order valence-corrected chi connectivity index (χ3v) is 5.28. The smallest absolute Gasteiger partial charge is 0.217 e. The summed E-state index contributed by atoms with van der Waals surface area (Å²) in [5, 5.41) is 4.17. The van der Waals surface area contributed by atoms with Gasteiger partial charge in [-0.3, -0.25) is 4.79 Å². The molecule has 4 rings (SSSR count). The Morgan fingerprint density at radius 3 is 2.35 bits per heavy atom. The fraction of sp³-hybridized carbons (Fsp3) is 0.526. The van der Waals surface area contributed by atoms with Crippen molar-refractivity contribution in [1.82, 2.24) is 19.7 Å². The van der Waals surface area contributed by atoms with Gasteiger partial charge >= 0.3 is 0 Å². The molecular formula is C19H25ClN4O2. The summed E-state index contributed by atoms with van der Waals surface area (Å²) in [5.74, 6) is 0.989. The SMILES string of the molecule is CC(=O)c1ncn(-c2ccc(OC3CCN(C4CCC4)CC3)cc2)n1.Cl. The summed E-state index contributed by atoms with van der Waals surface area (Å²) in [6.45, 7) is 3.77. The Kier molecular flexibility index (Phi) is 5.94. The van der Waals surface area contributed by atoms with Crippen molar-refractivity contribution >= 4 is 18.2 Å². The van der Waals surface area contributed by atoms with Crippen LogP contribution in [0, 0.1) is 0 Å². The summed E-state index contributed by atoms with van der Waals surface area (Å²) in [7, 11) is 0. The molecule has 6 nitrogen and oxygen atoms in total. The molecule has 2 heterocycles. The molecule has 0 amide bonds. The maximum Gasteiger partial charge on any atom is 0.217 e. The van der Waals surface area contributed by atoms with E-state index in [1.807, 2.05) is 24.3 Å². The molecule has 26 heavy (non-hydrogen) atoms. The zero-order valence-electron chi connectivity index (χ0n) is 15.0. The molecule has 0 unspecified atom stereocenters. The maximum absolute atomic E-state index is 11.3. The molecule has 7 heteroatoms. The highest BCUT2D eigenvalue weighted by Gasteiger charge is 2.29. The third-order valence-electron chi connectivity index (χ3n) is 5.28. The Labute approximate surface area is 160 Å². The minimum Gasteiger partial charge on any atom is -0.490 e. The molecule has 1 aliphatic carbocycles. The molecule has 2 fully saturated rings. The van der Waals surface area contributed by atoms with Gasteiger partial charge in [0, 0.05) is 26.1 Å². The van der Waals surface area contributed by atoms with Crippen molar-refractivity contribution in [2.45, 2.75) is 51.2 Å². The number of Topliss-reactive ketones (excluding diaryl/α,β-unsaturated/α-hetero) is 1. The van der Waals surface area contributed by atoms with Crippen LogP contribution in [0.1, 0.15) is 49.6 Å². The van der Waals surface area contributed by atoms with Gasteiger partial charge in [-0.1, -0.05) is 6.42 Å². The van der Waals surface area contributed by atoms with Crippen LogP contribution in [0.25, 0.3) is 5.69 Å². The Morgan fingerprint density at radius 1 is 1.12 bits per heavy atom. The summed E-state index contributed by atoms with van der Waals surface area (Å²) in [5.41, 5.74) is 0.868. The number of halogens is 1. The van der Waals surface area contributed by atoms with Crippen LogP contribution in [0.4, 0.5) is 0 Å². The lowest BCUT2D eigenvalue weighted by Crippen LogP contribution is -2.46. The molecule has 1 saturated heterocycles. The molecule has 0 bridgehead atoms. The first-order valence-electron chi connectivity index (χ1n) is 9.13. The van der Waals surface area contributed by atoms with Crippen LogP contribution in [-0.2, 0) is 0 Å². The second-order valence-corrected chi connectivity index (χ2v) is 7.00. The number of benzene rings is 1. The van der Waals surface area contributed by atoms with E-state index in [9.17, 15) is 4.79 Å². The van der Waals surface area contributed by atoms with Crippen molar-refractivity contribution in [3.05, 3.63) is 36.4 Å². The van der Waals surface area contributed by atoms with E-state index >= 15 is 0 Å². The van der Waals surface area contributed by atoms with Gasteiger partial charge in [-0.15, -0.1) is 17.5 Å². The molecule has 0 radical (unpaired) electrons. The first-order valence-corrected chi connectivity index (χ1v) is 9.13. The number of hydrogen-bond donors (Lipinski definition) is 0. The van der Waals surface area contributed by atoms with E-state index in [1.165, 1.54) is 26.2 Å². The minimum atomic E-state index is -0.132. The number of hydrogen-bond acceptors (Lipinski definition) is 5. The van der Waals surface area contributed by atoms with Crippen LogP contribution in [0.3, 0.4) is 0 Å². The summed E-state index contributed by atoms with van der Waals surface area (Å²) in [4.78, 5) is 17.9. The topological polar surface area (TPSA) is 60.3 Å². The Bertz CT molecular complexity index is 734. The van der Waals surface area contributed by atoms with Crippen molar-refractivity contribution in [1.29, 1.82) is 0 Å². The molecule has 0 N–H and O–H groups in total. The van der Waals surface area contributed by atoms with E-state index in [0.29, 0.717) is 6.10 Å². The van der Waals surface area contributed by atoms with Gasteiger partial charge in [0.2, 0.25) is 5.82 Å². The predicted molar refractivity (Wildman–Crippen MR) is 101 cm³/mol. The molecule has 0 spiro atoms. The second-order valence-electron chi connectivity index (χ2n) is 7.00. The van der Waals surface area contributed by atoms with Crippen molar-refractivity contribution < 1.29 is 9.53 Å². The van der Waals surface area contributed by atoms with Crippen LogP contribution in [0.5, 0.6) is 5.75 Å². The van der Waals surface area contributed by atoms with E-state index in [4.69, 9.17) is 4.74 Å². The van der Waals surface area contributed by atoms with E-state index < -0.39 is 0 Å². The summed E-state index contributed by atoms with van der Waals surface area (Å²) in [6, 6.07) is 8.64. The van der Waals surface area contributed by atoms with Crippen LogP contribution in [0.15, 0.2) is 30.6 Å². The Hall–Kier alpha value is -1.92. The van der Waals surface area contributed by atoms with Crippen molar-refractivity contribution in [3.8, 4) is 11.4 Å². The predicted octanol–water partition coefficient (Wildman–Crippen LogP) is 3.29. The van der Waals surface area contributed by atoms with Crippen molar-refractivity contribution in [2.75, 3.05) is 13.1 Å². The van der Waals surface area contributed by atoms with Crippen LogP contribution < -0.4 is 4.74 Å². The molecule has 0 atom stereocenters. The van der Waals surface area contributed by atoms with Gasteiger partial charge in [0.15, 0.2) is 5.78 Å². The highest BCUT2D eigenvalue weighted by molar-refractivity contribution is 5.90. The Morgan fingerprint density at radius 2 is 1.81 bits per heavy atom. The van der Waals surface area contributed by atoms with Crippen molar-refractivity contribution in [2.24, 2.45) is 0 Å². The van der Waals surface area contributed by atoms with Gasteiger partial charge in [-0.05, 0) is 49.9 Å². The lowest BCUT2D eigenvalue weighted by molar-refractivity contribution is 0.0493. The molecular weight excluding hydrogens is 352 g/mol. The molecule has 1 aliphatic heterocycles. The normalized spacial score (nSPS) is 18.8. The van der Waals surface area contributed by atoms with E-state index in [0.717, 1.165) is 43.4 Å². The molecule has 1 aromatic heterocycles. The standard InChI is InChI=1S/C19H24N4O2.ClH/c1-14(24)19-20-13-23(21-19)16-5-7-17(8-6-16)25-18-9-11-22(12-10-18)15-3-2-4-15;/h5-8,13,15,18H,2-4,9-12H2,1H3;1H. The molecule has 2 aromatic rings. The van der Waals surface area contributed by atoms with Gasteiger partial charge in [-0.25, -0.2) is 9.67 Å². The number of carbonyl (C=O) groups is 1. The van der Waals surface area contributed by atoms with Gasteiger partial charge in [-0.2, -0.15) is 0 Å². The molecule has 1 saturated carbocycles. The molecule has 2 aliphatic rings. The number of rotatable bonds is 5. The Balaban J connectivity index is 0.00000196. The lowest BCUT2D eigenvalue weighted by atomic mass is 9.90. The van der Waals surface area contributed by atoms with E-state index in [1.54, 1.807) is 11.0 Å². The second kappa shape index (κ2) is 8.18. The average Bonchev–Trinajstić information content (AvgIpc) is 3.06. The van der Waals surface area contributed by atoms with Gasteiger partial charge in [0.05, 0.1) is 5.69 Å². The lowest BCUT2D eigenvalue weighted by Gasteiger charge is -2.41. The summed E-state index contributed by atoms with van der Waals surface area (Å²) >= 11 is 0. The summed E-state index contributed by atoms with van der Waals surface area (Å²) in [6.07, 6.45) is 8.21. The van der Waals surface area contributed by atoms with Crippen LogP contribution >= 0.6 is 12.4 Å². The van der Waals surface area contributed by atoms with Gasteiger partial charge in [0.1, 0.15) is 18.2 Å². The third kappa shape index (κ3) is 4.07. The zero-order chi connectivity index (χ0) is 17.2. The van der Waals surface area contributed by atoms with Crippen molar-refractivity contribution in [3.63, 3.8) is 0 Å². The number of ether oxygens (including phenoxy) is 1. The highest BCUT2D eigenvalue weighted by Crippen LogP contribution is 2.28. The molecule has 1 aromatic carbocycles. The minimum absolute atomic E-state index is 0. The van der Waals surface area contributed by atoms with Gasteiger partial charge in [0.25, 0.3) is 0 Å². The average molecular weight is 377 g/mol. The van der Waals surface area contributed by atoms with Crippen LogP contribution in [0.2, 0.25) is 0 Å². The first kappa shape index (κ1) is 18.9. The monoisotopic (exact) mass is 376 g/mol. The quantitative estimate of drug-likeness (QED) is 0.749. The number of ketones is 1. The fourth-order valence-corrected chi connectivity index (χ4v) is 3.53. The number of aromatic nitrogens is 3. The first-order chi connectivity index (χ1) is 12.2. The number of carbonyl (C=O) groups excluding carboxylic acids is 1. The summed E-state index contributed by atoms with van der Waals surface area (Å²) < 4.78 is 7.75. The van der Waals surface area contributed by atoms with E-state index in [-0.39, 0.29) is 24.0 Å². The zero-order valence-corrected chi connectivity index (χ0v) is 15.8. The number of nitrogens with zero attached hydrogens (tertiary/aromatic N) is 4. The fourth-order valence-electron chi connectivity index (χ4n) is 3.53. The number of piperidine rings is 1. The highest BCUT2D eigenvalue weighted by atomic mass is 35.5. The maximum atomic E-state index is 11.3. The largest absolute Gasteiger partial charge is 0.490 e. The molecule has 140 valence electrons. The van der Waals surface area contributed by atoms with Crippen LogP contribution in [-0.4, -0.2) is 50.7 Å². The van der Waals surface area contributed by atoms with E-state index in [2.05, 4.69) is 15.0 Å². The van der Waals surface area contributed by atoms with Gasteiger partial charge < -0.3 is 9.64 Å².